The Kier molecular flexibility index (Phi) is 5.19. The minimum atomic E-state index is 0.270. The Morgan fingerprint density at radius 1 is 1.04 bits per heavy atom. The van der Waals surface area contributed by atoms with E-state index in [9.17, 15) is 0 Å². The van der Waals surface area contributed by atoms with E-state index in [1.54, 1.807) is 0 Å². The molecule has 3 rings (SSSR count). The number of nitrogen functional groups attached to an aromatic ring is 1. The first-order valence-electron chi connectivity index (χ1n) is 9.02. The first-order chi connectivity index (χ1) is 11.9. The number of ether oxygens (including phenoxy) is 1. The van der Waals surface area contributed by atoms with E-state index >= 15 is 0 Å². The quantitative estimate of drug-likeness (QED) is 0.823. The van der Waals surface area contributed by atoms with Crippen molar-refractivity contribution in [2.24, 2.45) is 0 Å². The fraction of sp³-hybridized carbons (Fsp3) is 0.429. The number of nitrogens with one attached hydrogen (secondary N) is 1. The van der Waals surface area contributed by atoms with Crippen LogP contribution in [0.3, 0.4) is 0 Å². The van der Waals surface area contributed by atoms with Crippen molar-refractivity contribution in [1.82, 2.24) is 0 Å². The standard InChI is InChI=1S/C21H29N3O/c1-14-10-21(24-12-16(3)25-17(4)13-24)15(2)9-20(14)23-11-18-5-7-19(22)8-6-18/h5-10,16-17,23H,11-13,22H2,1-4H3/t16-,17+. The molecule has 0 spiro atoms. The van der Waals surface area contributed by atoms with Gasteiger partial charge in [-0.2, -0.15) is 0 Å². The maximum atomic E-state index is 5.86. The second-order valence-electron chi connectivity index (χ2n) is 7.21. The molecule has 1 aliphatic heterocycles. The predicted octanol–water partition coefficient (Wildman–Crippen LogP) is 4.11. The summed E-state index contributed by atoms with van der Waals surface area (Å²) in [5.41, 5.74) is 12.8. The third kappa shape index (κ3) is 4.26. The molecule has 0 bridgehead atoms. The van der Waals surface area contributed by atoms with Gasteiger partial charge in [0.15, 0.2) is 0 Å². The van der Waals surface area contributed by atoms with Gasteiger partial charge in [-0.1, -0.05) is 12.1 Å². The largest absolute Gasteiger partial charge is 0.399 e. The maximum Gasteiger partial charge on any atom is 0.0726 e. The molecule has 0 aliphatic carbocycles. The van der Waals surface area contributed by atoms with Crippen molar-refractivity contribution < 1.29 is 4.74 Å². The van der Waals surface area contributed by atoms with E-state index in [0.29, 0.717) is 0 Å². The Hall–Kier alpha value is -2.20. The van der Waals surface area contributed by atoms with Gasteiger partial charge >= 0.3 is 0 Å². The molecule has 134 valence electrons. The van der Waals surface area contributed by atoms with Crippen LogP contribution in [0.5, 0.6) is 0 Å². The highest BCUT2D eigenvalue weighted by atomic mass is 16.5. The topological polar surface area (TPSA) is 50.5 Å². The van der Waals surface area contributed by atoms with Crippen LogP contribution in [0.25, 0.3) is 0 Å². The number of nitrogens with two attached hydrogens (primary N) is 1. The number of anilines is 3. The van der Waals surface area contributed by atoms with Crippen molar-refractivity contribution in [3.63, 3.8) is 0 Å². The van der Waals surface area contributed by atoms with Crippen LogP contribution >= 0.6 is 0 Å². The molecule has 25 heavy (non-hydrogen) atoms. The fourth-order valence-corrected chi connectivity index (χ4v) is 3.54. The maximum absolute atomic E-state index is 5.86. The molecule has 0 aromatic heterocycles. The zero-order chi connectivity index (χ0) is 18.0. The first kappa shape index (κ1) is 17.6. The van der Waals surface area contributed by atoms with Gasteiger partial charge in [-0.3, -0.25) is 0 Å². The average Bonchev–Trinajstić information content (AvgIpc) is 2.56. The molecule has 0 radical (unpaired) electrons. The van der Waals surface area contributed by atoms with Crippen LogP contribution in [0, 0.1) is 13.8 Å². The molecular formula is C21H29N3O. The van der Waals surface area contributed by atoms with Gasteiger partial charge < -0.3 is 20.7 Å². The SMILES string of the molecule is Cc1cc(N2C[C@@H](C)O[C@@H](C)C2)c(C)cc1NCc1ccc(N)cc1. The van der Waals surface area contributed by atoms with E-state index in [0.717, 1.165) is 25.3 Å². The molecule has 1 aliphatic rings. The molecular weight excluding hydrogens is 310 g/mol. The fourth-order valence-electron chi connectivity index (χ4n) is 3.54. The number of hydrogen-bond acceptors (Lipinski definition) is 4. The lowest BCUT2D eigenvalue weighted by Crippen LogP contribution is -2.45. The third-order valence-electron chi connectivity index (χ3n) is 4.77. The van der Waals surface area contributed by atoms with Crippen LogP contribution in [0.15, 0.2) is 36.4 Å². The van der Waals surface area contributed by atoms with E-state index in [-0.39, 0.29) is 12.2 Å². The Morgan fingerprint density at radius 2 is 1.68 bits per heavy atom. The average molecular weight is 339 g/mol. The van der Waals surface area contributed by atoms with Crippen LogP contribution in [-0.4, -0.2) is 25.3 Å². The molecule has 4 heteroatoms. The molecule has 2 aromatic carbocycles. The summed E-state index contributed by atoms with van der Waals surface area (Å²) in [6.45, 7) is 11.3. The molecule has 4 nitrogen and oxygen atoms in total. The molecule has 0 unspecified atom stereocenters. The van der Waals surface area contributed by atoms with Crippen LogP contribution in [0.2, 0.25) is 0 Å². The lowest BCUT2D eigenvalue weighted by molar-refractivity contribution is -0.00524. The first-order valence-corrected chi connectivity index (χ1v) is 9.02. The monoisotopic (exact) mass is 339 g/mol. The van der Waals surface area contributed by atoms with E-state index < -0.39 is 0 Å². The van der Waals surface area contributed by atoms with Crippen molar-refractivity contribution in [1.29, 1.82) is 0 Å². The van der Waals surface area contributed by atoms with E-state index in [1.165, 1.54) is 28.1 Å². The van der Waals surface area contributed by atoms with E-state index in [2.05, 4.69) is 62.2 Å². The number of morpholine rings is 1. The minimum Gasteiger partial charge on any atom is -0.399 e. The van der Waals surface area contributed by atoms with Crippen LogP contribution in [0.1, 0.15) is 30.5 Å². The van der Waals surface area contributed by atoms with Crippen molar-refractivity contribution in [2.45, 2.75) is 46.4 Å². The number of aryl methyl sites for hydroxylation is 2. The zero-order valence-electron chi connectivity index (χ0n) is 15.7. The Bertz CT molecular complexity index is 717. The minimum absolute atomic E-state index is 0.270. The van der Waals surface area contributed by atoms with Crippen LogP contribution < -0.4 is 16.0 Å². The Balaban J connectivity index is 1.74. The van der Waals surface area contributed by atoms with Gasteiger partial charge in [0, 0.05) is 36.7 Å². The molecule has 1 fully saturated rings. The van der Waals surface area contributed by atoms with E-state index in [1.807, 2.05) is 12.1 Å². The predicted molar refractivity (Wildman–Crippen MR) is 106 cm³/mol. The molecule has 2 atom stereocenters. The molecule has 1 saturated heterocycles. The number of benzene rings is 2. The van der Waals surface area contributed by atoms with Crippen molar-refractivity contribution in [2.75, 3.05) is 29.0 Å². The van der Waals surface area contributed by atoms with Gasteiger partial charge in [-0.15, -0.1) is 0 Å². The highest BCUT2D eigenvalue weighted by Gasteiger charge is 2.23. The number of hydrogen-bond donors (Lipinski definition) is 2. The molecule has 0 amide bonds. The van der Waals surface area contributed by atoms with Crippen LogP contribution in [-0.2, 0) is 11.3 Å². The van der Waals surface area contributed by atoms with Gasteiger partial charge in [0.1, 0.15) is 0 Å². The summed E-state index contributed by atoms with van der Waals surface area (Å²) >= 11 is 0. The van der Waals surface area contributed by atoms with Crippen LogP contribution in [0.4, 0.5) is 17.1 Å². The summed E-state index contributed by atoms with van der Waals surface area (Å²) in [4.78, 5) is 2.45. The lowest BCUT2D eigenvalue weighted by atomic mass is 10.1. The van der Waals surface area contributed by atoms with Gasteiger partial charge in [0.25, 0.3) is 0 Å². The summed E-state index contributed by atoms with van der Waals surface area (Å²) in [5.74, 6) is 0. The number of rotatable bonds is 4. The van der Waals surface area contributed by atoms with E-state index in [4.69, 9.17) is 10.5 Å². The zero-order valence-corrected chi connectivity index (χ0v) is 15.7. The molecule has 1 heterocycles. The number of nitrogens with zero attached hydrogens (tertiary/aromatic N) is 1. The Labute approximate surface area is 151 Å². The third-order valence-corrected chi connectivity index (χ3v) is 4.77. The second-order valence-corrected chi connectivity index (χ2v) is 7.21. The Morgan fingerprint density at radius 3 is 2.32 bits per heavy atom. The van der Waals surface area contributed by atoms with Crippen molar-refractivity contribution >= 4 is 17.1 Å². The lowest BCUT2D eigenvalue weighted by Gasteiger charge is -2.38. The molecule has 0 saturated carbocycles. The smallest absolute Gasteiger partial charge is 0.0726 e. The second kappa shape index (κ2) is 7.36. The van der Waals surface area contributed by atoms with Gasteiger partial charge in [0.05, 0.1) is 12.2 Å². The highest BCUT2D eigenvalue weighted by Crippen LogP contribution is 2.30. The summed E-state index contributed by atoms with van der Waals surface area (Å²) in [6, 6.07) is 12.6. The summed E-state index contributed by atoms with van der Waals surface area (Å²) in [5, 5.41) is 3.55. The highest BCUT2D eigenvalue weighted by molar-refractivity contribution is 5.65. The van der Waals surface area contributed by atoms with Crippen molar-refractivity contribution in [3.8, 4) is 0 Å². The van der Waals surface area contributed by atoms with Gasteiger partial charge in [-0.25, -0.2) is 0 Å². The van der Waals surface area contributed by atoms with Gasteiger partial charge in [-0.05, 0) is 68.7 Å². The van der Waals surface area contributed by atoms with Gasteiger partial charge in [0.2, 0.25) is 0 Å². The molecule has 2 aromatic rings. The molecule has 3 N–H and O–H groups in total. The normalized spacial score (nSPS) is 20.6. The summed E-state index contributed by atoms with van der Waals surface area (Å²) in [7, 11) is 0. The summed E-state index contributed by atoms with van der Waals surface area (Å²) in [6.07, 6.45) is 0.540. The summed E-state index contributed by atoms with van der Waals surface area (Å²) < 4.78 is 5.86. The van der Waals surface area contributed by atoms with Crippen molar-refractivity contribution in [3.05, 3.63) is 53.1 Å².